The first-order valence-electron chi connectivity index (χ1n) is 11.9. The summed E-state index contributed by atoms with van der Waals surface area (Å²) >= 11 is 1.46. The van der Waals surface area contributed by atoms with Gasteiger partial charge in [0.1, 0.15) is 11.5 Å². The Balaban J connectivity index is 1.71. The summed E-state index contributed by atoms with van der Waals surface area (Å²) in [7, 11) is 6.45. The lowest BCUT2D eigenvalue weighted by Crippen LogP contribution is -2.41. The Kier molecular flexibility index (Phi) is 7.74. The molecule has 0 spiro atoms. The lowest BCUT2D eigenvalue weighted by atomic mass is 9.92. The van der Waals surface area contributed by atoms with Crippen LogP contribution in [0.3, 0.4) is 0 Å². The number of allylic oxidation sites excluding steroid dienone is 1. The fourth-order valence-electron chi connectivity index (χ4n) is 5.03. The Morgan fingerprint density at radius 3 is 2.54 bits per heavy atom. The third-order valence-corrected chi connectivity index (χ3v) is 7.88. The molecule has 1 saturated carbocycles. The number of carbonyl (C=O) groups excluding carboxylic acids is 2. The van der Waals surface area contributed by atoms with Gasteiger partial charge in [0.25, 0.3) is 0 Å². The summed E-state index contributed by atoms with van der Waals surface area (Å²) in [4.78, 5) is 34.9. The average molecular weight is 500 g/mol. The summed E-state index contributed by atoms with van der Waals surface area (Å²) in [6, 6.07) is 5.25. The van der Waals surface area contributed by atoms with Gasteiger partial charge < -0.3 is 24.0 Å². The summed E-state index contributed by atoms with van der Waals surface area (Å²) in [5, 5.41) is 2.68. The smallest absolute Gasteiger partial charge is 0.338 e. The van der Waals surface area contributed by atoms with E-state index in [4.69, 9.17) is 19.2 Å². The number of ether oxygens (including phenoxy) is 3. The van der Waals surface area contributed by atoms with Gasteiger partial charge in [-0.15, -0.1) is 0 Å². The molecule has 1 unspecified atom stereocenters. The second-order valence-electron chi connectivity index (χ2n) is 8.97. The fourth-order valence-corrected chi connectivity index (χ4v) is 6.00. The van der Waals surface area contributed by atoms with Gasteiger partial charge in [-0.05, 0) is 37.3 Å². The van der Waals surface area contributed by atoms with Gasteiger partial charge in [0, 0.05) is 30.4 Å². The number of amides is 1. The molecule has 1 fully saturated rings. The van der Waals surface area contributed by atoms with Crippen LogP contribution in [0, 0.1) is 0 Å². The molecule has 0 radical (unpaired) electrons. The topological polar surface area (TPSA) is 80.7 Å². The van der Waals surface area contributed by atoms with Crippen LogP contribution in [0.25, 0.3) is 0 Å². The highest BCUT2D eigenvalue weighted by Crippen LogP contribution is 2.47. The number of nitrogens with zero attached hydrogens (tertiary/aromatic N) is 3. The predicted molar refractivity (Wildman–Crippen MR) is 136 cm³/mol. The number of methoxy groups -OCH3 is 3. The van der Waals surface area contributed by atoms with E-state index in [1.54, 1.807) is 27.2 Å². The van der Waals surface area contributed by atoms with Gasteiger partial charge in [-0.2, -0.15) is 0 Å². The fraction of sp³-hybridized carbons (Fsp3) is 0.500. The first-order chi connectivity index (χ1) is 16.9. The maximum atomic E-state index is 13.3. The molecule has 188 valence electrons. The number of carbonyl (C=O) groups is 2. The van der Waals surface area contributed by atoms with Crippen molar-refractivity contribution < 1.29 is 23.8 Å². The van der Waals surface area contributed by atoms with Crippen molar-refractivity contribution in [3.63, 3.8) is 0 Å². The van der Waals surface area contributed by atoms with E-state index in [1.807, 2.05) is 34.4 Å². The second-order valence-corrected chi connectivity index (χ2v) is 9.80. The Morgan fingerprint density at radius 1 is 1.14 bits per heavy atom. The Hall–Kier alpha value is -2.94. The molecule has 1 amide bonds. The van der Waals surface area contributed by atoms with Gasteiger partial charge in [0.15, 0.2) is 5.17 Å². The molecular weight excluding hydrogens is 466 g/mol. The van der Waals surface area contributed by atoms with Gasteiger partial charge in [-0.3, -0.25) is 4.79 Å². The van der Waals surface area contributed by atoms with Crippen molar-refractivity contribution in [3.05, 3.63) is 46.1 Å². The number of aliphatic imine (C=N–C) groups is 1. The lowest BCUT2D eigenvalue weighted by Gasteiger charge is -2.37. The molecule has 9 heteroatoms. The minimum absolute atomic E-state index is 0.0661. The normalized spacial score (nSPS) is 20.1. The summed E-state index contributed by atoms with van der Waals surface area (Å²) < 4.78 is 16.2. The molecule has 1 aromatic carbocycles. The van der Waals surface area contributed by atoms with Gasteiger partial charge in [-0.1, -0.05) is 31.0 Å². The molecule has 3 aliphatic rings. The van der Waals surface area contributed by atoms with E-state index < -0.39 is 12.0 Å². The third-order valence-electron chi connectivity index (χ3n) is 6.99. The molecule has 0 aromatic heterocycles. The van der Waals surface area contributed by atoms with Crippen LogP contribution in [0.4, 0.5) is 0 Å². The van der Waals surface area contributed by atoms with E-state index in [1.165, 1.54) is 25.3 Å². The summed E-state index contributed by atoms with van der Waals surface area (Å²) in [6.07, 6.45) is 5.88. The van der Waals surface area contributed by atoms with Crippen molar-refractivity contribution in [1.29, 1.82) is 0 Å². The van der Waals surface area contributed by atoms with Crippen LogP contribution in [-0.2, 0) is 14.3 Å². The zero-order valence-corrected chi connectivity index (χ0v) is 21.8. The van der Waals surface area contributed by atoms with Crippen molar-refractivity contribution in [1.82, 2.24) is 9.80 Å². The molecule has 1 aromatic rings. The molecule has 2 aliphatic heterocycles. The molecule has 1 aliphatic carbocycles. The number of esters is 1. The third kappa shape index (κ3) is 4.91. The number of thioether (sulfide) groups is 1. The van der Waals surface area contributed by atoms with Crippen LogP contribution in [0.2, 0.25) is 0 Å². The van der Waals surface area contributed by atoms with Crippen LogP contribution >= 0.6 is 11.8 Å². The van der Waals surface area contributed by atoms with Crippen LogP contribution in [0.1, 0.15) is 57.1 Å². The molecular formula is C26H33N3O5S. The Morgan fingerprint density at radius 2 is 1.89 bits per heavy atom. The molecule has 0 saturated heterocycles. The number of amidine groups is 1. The van der Waals surface area contributed by atoms with Crippen LogP contribution in [-0.4, -0.2) is 61.3 Å². The van der Waals surface area contributed by atoms with Crippen LogP contribution in [0.5, 0.6) is 11.5 Å². The van der Waals surface area contributed by atoms with E-state index in [9.17, 15) is 9.59 Å². The molecule has 35 heavy (non-hydrogen) atoms. The SMILES string of the molecule is COC(=O)C1=C(C)N=C2SC=C(CC(=O)N(C)C3CCCCC3)N2C1c1ccc(OC)cc1OC. The van der Waals surface area contributed by atoms with Gasteiger partial charge in [-0.25, -0.2) is 9.79 Å². The van der Waals surface area contributed by atoms with E-state index in [0.29, 0.717) is 22.8 Å². The minimum atomic E-state index is -0.551. The van der Waals surface area contributed by atoms with Crippen LogP contribution in [0.15, 0.2) is 45.6 Å². The quantitative estimate of drug-likeness (QED) is 0.506. The molecule has 0 bridgehead atoms. The van der Waals surface area contributed by atoms with Crippen molar-refractivity contribution >= 4 is 28.8 Å². The van der Waals surface area contributed by atoms with Crippen LogP contribution < -0.4 is 9.47 Å². The summed E-state index contributed by atoms with van der Waals surface area (Å²) in [6.45, 7) is 1.81. The van der Waals surface area contributed by atoms with E-state index in [-0.39, 0.29) is 18.4 Å². The molecule has 2 heterocycles. The van der Waals surface area contributed by atoms with E-state index >= 15 is 0 Å². The Bertz CT molecular complexity index is 1090. The largest absolute Gasteiger partial charge is 0.497 e. The number of hydrogen-bond acceptors (Lipinski definition) is 8. The van der Waals surface area contributed by atoms with E-state index in [2.05, 4.69) is 0 Å². The van der Waals surface area contributed by atoms with Crippen molar-refractivity contribution in [2.24, 2.45) is 4.99 Å². The second kappa shape index (κ2) is 10.8. The maximum Gasteiger partial charge on any atom is 0.338 e. The van der Waals surface area contributed by atoms with Gasteiger partial charge in [0.2, 0.25) is 5.91 Å². The molecule has 4 rings (SSSR count). The van der Waals surface area contributed by atoms with E-state index in [0.717, 1.165) is 42.1 Å². The molecule has 0 N–H and O–H groups in total. The number of hydrogen-bond donors (Lipinski definition) is 0. The highest BCUT2D eigenvalue weighted by atomic mass is 32.2. The predicted octanol–water partition coefficient (Wildman–Crippen LogP) is 4.63. The number of fused-ring (bicyclic) bond motifs is 1. The van der Waals surface area contributed by atoms with Crippen molar-refractivity contribution in [2.45, 2.75) is 57.5 Å². The zero-order chi connectivity index (χ0) is 25.1. The highest BCUT2D eigenvalue weighted by molar-refractivity contribution is 8.16. The summed E-state index contributed by atoms with van der Waals surface area (Å²) in [5.41, 5.74) is 2.57. The average Bonchev–Trinajstić information content (AvgIpc) is 3.28. The standard InChI is InChI=1S/C26H33N3O5S/c1-16-23(25(31)34-5)24(20-12-11-19(32-3)14-21(20)33-4)29-18(15-35-26(29)27-16)13-22(30)28(2)17-9-7-6-8-10-17/h11-12,14-15,17,24H,6-10,13H2,1-5H3. The highest BCUT2D eigenvalue weighted by Gasteiger charge is 2.42. The zero-order valence-electron chi connectivity index (χ0n) is 21.0. The number of rotatable bonds is 7. The maximum absolute atomic E-state index is 13.3. The summed E-state index contributed by atoms with van der Waals surface area (Å²) in [5.74, 6) is 0.824. The Labute approximate surface area is 211 Å². The van der Waals surface area contributed by atoms with Gasteiger partial charge >= 0.3 is 5.97 Å². The van der Waals surface area contributed by atoms with Crippen molar-refractivity contribution in [3.8, 4) is 11.5 Å². The molecule has 8 nitrogen and oxygen atoms in total. The molecule has 1 atom stereocenters. The van der Waals surface area contributed by atoms with Crippen molar-refractivity contribution in [2.75, 3.05) is 28.4 Å². The van der Waals surface area contributed by atoms with Gasteiger partial charge in [0.05, 0.1) is 45.1 Å². The monoisotopic (exact) mass is 499 g/mol. The first kappa shape index (κ1) is 25.2. The number of benzene rings is 1. The minimum Gasteiger partial charge on any atom is -0.497 e. The lowest BCUT2D eigenvalue weighted by molar-refractivity contribution is -0.136. The first-order valence-corrected chi connectivity index (χ1v) is 12.8.